The van der Waals surface area contributed by atoms with E-state index in [-0.39, 0.29) is 15.4 Å². The molecule has 0 atom stereocenters. The van der Waals surface area contributed by atoms with Gasteiger partial charge in [-0.3, -0.25) is 0 Å². The van der Waals surface area contributed by atoms with Crippen LogP contribution in [-0.4, -0.2) is 28.6 Å². The smallest absolute Gasteiger partial charge is 0.134 e. The lowest BCUT2D eigenvalue weighted by Gasteiger charge is -2.19. The van der Waals surface area contributed by atoms with Crippen LogP contribution in [0.15, 0.2) is 0 Å². The molecule has 218 valence electrons. The van der Waals surface area contributed by atoms with Crippen molar-refractivity contribution in [2.45, 2.75) is 194 Å². The number of hydrogen-bond acceptors (Lipinski definition) is 2. The molecule has 0 fully saturated rings. The topological polar surface area (TPSA) is 18.5 Å². The van der Waals surface area contributed by atoms with Gasteiger partial charge in [-0.15, -0.1) is 0 Å². The highest BCUT2D eigenvalue weighted by atomic mass is 28.2. The van der Waals surface area contributed by atoms with Crippen LogP contribution in [0.2, 0.25) is 6.04 Å². The predicted octanol–water partition coefficient (Wildman–Crippen LogP) is 10.9. The van der Waals surface area contributed by atoms with Gasteiger partial charge >= 0.3 is 0 Å². The van der Waals surface area contributed by atoms with Crippen molar-refractivity contribution < 1.29 is 9.47 Å². The minimum atomic E-state index is -0.290. The fourth-order valence-electron chi connectivity index (χ4n) is 5.00. The first-order valence-corrected chi connectivity index (χ1v) is 18.8. The van der Waals surface area contributed by atoms with Crippen molar-refractivity contribution in [2.24, 2.45) is 5.92 Å². The summed E-state index contributed by atoms with van der Waals surface area (Å²) in [7, 11) is -0.290. The average Bonchev–Trinajstić information content (AvgIpc) is 2.87. The van der Waals surface area contributed by atoms with Gasteiger partial charge in [-0.1, -0.05) is 175 Å². The van der Waals surface area contributed by atoms with Gasteiger partial charge in [-0.05, 0) is 18.8 Å². The molecular formula is C33H70O2Si. The Morgan fingerprint density at radius 1 is 0.417 bits per heavy atom. The second-order valence-electron chi connectivity index (χ2n) is 11.9. The monoisotopic (exact) mass is 527 g/mol. The van der Waals surface area contributed by atoms with E-state index in [1.807, 2.05) is 0 Å². The van der Waals surface area contributed by atoms with Gasteiger partial charge in [0, 0.05) is 13.2 Å². The van der Waals surface area contributed by atoms with Crippen molar-refractivity contribution in [3.8, 4) is 0 Å². The standard InChI is InChI=1S/C33H70O2Si/c1-5-7-9-11-13-15-17-19-21-23-25-27-29-34-33(36-31-32(3)4)35-30-28-26-24-22-20-18-16-14-12-10-8-6-2/h32-33H,5-31,36H2,1-4H3. The van der Waals surface area contributed by atoms with Crippen LogP contribution >= 0.6 is 0 Å². The van der Waals surface area contributed by atoms with E-state index >= 15 is 0 Å². The zero-order chi connectivity index (χ0) is 26.4. The molecule has 0 aliphatic rings. The summed E-state index contributed by atoms with van der Waals surface area (Å²) < 4.78 is 12.5. The van der Waals surface area contributed by atoms with Gasteiger partial charge in [0.2, 0.25) is 0 Å². The van der Waals surface area contributed by atoms with Crippen molar-refractivity contribution in [1.29, 1.82) is 0 Å². The molecular weight excluding hydrogens is 456 g/mol. The van der Waals surface area contributed by atoms with Crippen molar-refractivity contribution in [2.75, 3.05) is 13.2 Å². The third-order valence-corrected chi connectivity index (χ3v) is 10.0. The molecule has 0 saturated heterocycles. The van der Waals surface area contributed by atoms with Crippen LogP contribution in [0.1, 0.15) is 182 Å². The summed E-state index contributed by atoms with van der Waals surface area (Å²) in [5, 5.41) is 0. The molecule has 0 aliphatic carbocycles. The molecule has 0 aliphatic heterocycles. The van der Waals surface area contributed by atoms with E-state index in [1.165, 1.54) is 160 Å². The van der Waals surface area contributed by atoms with Crippen molar-refractivity contribution >= 4 is 9.52 Å². The van der Waals surface area contributed by atoms with Crippen molar-refractivity contribution in [3.63, 3.8) is 0 Å². The molecule has 0 amide bonds. The number of rotatable bonds is 31. The minimum Gasteiger partial charge on any atom is -0.357 e. The lowest BCUT2D eigenvalue weighted by atomic mass is 10.1. The SMILES string of the molecule is CCCCCCCCCCCCCCOC(OCCCCCCCCCCCCCC)[SiH2]CC(C)C. The Hall–Kier alpha value is 0.137. The number of ether oxygens (including phenoxy) is 2. The Kier molecular flexibility index (Phi) is 31.5. The fourth-order valence-corrected chi connectivity index (χ4v) is 6.61. The number of hydrogen-bond donors (Lipinski definition) is 0. The quantitative estimate of drug-likeness (QED) is 0.0508. The van der Waals surface area contributed by atoms with Gasteiger partial charge < -0.3 is 9.47 Å². The third kappa shape index (κ3) is 30.4. The molecule has 36 heavy (non-hydrogen) atoms. The van der Waals surface area contributed by atoms with Gasteiger partial charge in [-0.25, -0.2) is 0 Å². The second-order valence-corrected chi connectivity index (χ2v) is 13.7. The van der Waals surface area contributed by atoms with E-state index < -0.39 is 0 Å². The Morgan fingerprint density at radius 3 is 0.972 bits per heavy atom. The minimum absolute atomic E-state index is 0.160. The Balaban J connectivity index is 3.58. The summed E-state index contributed by atoms with van der Waals surface area (Å²) in [6.45, 7) is 11.1. The van der Waals surface area contributed by atoms with Crippen LogP contribution in [0.25, 0.3) is 0 Å². The molecule has 3 heteroatoms. The first-order chi connectivity index (χ1) is 17.7. The van der Waals surface area contributed by atoms with Gasteiger partial charge in [-0.2, -0.15) is 0 Å². The maximum absolute atomic E-state index is 6.23. The van der Waals surface area contributed by atoms with E-state index in [2.05, 4.69) is 27.7 Å². The first kappa shape index (κ1) is 36.1. The molecule has 2 nitrogen and oxygen atoms in total. The Labute approximate surface area is 231 Å². The molecule has 0 radical (unpaired) electrons. The summed E-state index contributed by atoms with van der Waals surface area (Å²) in [6, 6.07) is 1.33. The maximum atomic E-state index is 6.23. The largest absolute Gasteiger partial charge is 0.357 e. The van der Waals surface area contributed by atoms with E-state index in [4.69, 9.17) is 9.47 Å². The highest BCUT2D eigenvalue weighted by molar-refractivity contribution is 6.36. The van der Waals surface area contributed by atoms with E-state index in [9.17, 15) is 0 Å². The summed E-state index contributed by atoms with van der Waals surface area (Å²) in [5.41, 5.74) is 0. The zero-order valence-corrected chi connectivity index (χ0v) is 27.2. The van der Waals surface area contributed by atoms with Crippen molar-refractivity contribution in [3.05, 3.63) is 0 Å². The molecule has 0 unspecified atom stereocenters. The lowest BCUT2D eigenvalue weighted by molar-refractivity contribution is -0.0927. The second kappa shape index (κ2) is 31.4. The molecule has 0 bridgehead atoms. The van der Waals surface area contributed by atoms with Crippen LogP contribution in [-0.2, 0) is 9.47 Å². The van der Waals surface area contributed by atoms with Gasteiger partial charge in [0.15, 0.2) is 0 Å². The van der Waals surface area contributed by atoms with Crippen molar-refractivity contribution in [1.82, 2.24) is 0 Å². The molecule has 0 aromatic carbocycles. The van der Waals surface area contributed by atoms with Crippen LogP contribution in [0.4, 0.5) is 0 Å². The normalized spacial score (nSPS) is 12.2. The van der Waals surface area contributed by atoms with Gasteiger partial charge in [0.25, 0.3) is 0 Å². The molecule has 0 aromatic heterocycles. The Morgan fingerprint density at radius 2 is 0.694 bits per heavy atom. The van der Waals surface area contributed by atoms with Crippen LogP contribution in [0.5, 0.6) is 0 Å². The predicted molar refractivity (Wildman–Crippen MR) is 166 cm³/mol. The van der Waals surface area contributed by atoms with Crippen LogP contribution < -0.4 is 0 Å². The van der Waals surface area contributed by atoms with E-state index in [0.717, 1.165) is 19.1 Å². The summed E-state index contributed by atoms with van der Waals surface area (Å²) in [5.74, 6) is 0.942. The first-order valence-electron chi connectivity index (χ1n) is 16.9. The molecule has 0 aromatic rings. The molecule has 0 rings (SSSR count). The van der Waals surface area contributed by atoms with Crippen LogP contribution in [0.3, 0.4) is 0 Å². The van der Waals surface area contributed by atoms with Crippen LogP contribution in [0, 0.1) is 5.92 Å². The molecule has 0 heterocycles. The number of unbranched alkanes of at least 4 members (excludes halogenated alkanes) is 22. The highest BCUT2D eigenvalue weighted by Gasteiger charge is 2.11. The summed E-state index contributed by atoms with van der Waals surface area (Å²) >= 11 is 0. The van der Waals surface area contributed by atoms with E-state index in [0.29, 0.717) is 0 Å². The van der Waals surface area contributed by atoms with Gasteiger partial charge in [0.05, 0.1) is 9.52 Å². The third-order valence-electron chi connectivity index (χ3n) is 7.58. The molecule has 0 spiro atoms. The zero-order valence-electron chi connectivity index (χ0n) is 25.8. The summed E-state index contributed by atoms with van der Waals surface area (Å²) in [4.78, 5) is 0. The van der Waals surface area contributed by atoms with E-state index in [1.54, 1.807) is 0 Å². The highest BCUT2D eigenvalue weighted by Crippen LogP contribution is 2.14. The lowest BCUT2D eigenvalue weighted by Crippen LogP contribution is -2.26. The molecule has 0 saturated carbocycles. The average molecular weight is 527 g/mol. The summed E-state index contributed by atoms with van der Waals surface area (Å²) in [6.07, 6.45) is 33.6. The molecule has 0 N–H and O–H groups in total. The fraction of sp³-hybridized carbons (Fsp3) is 1.00. The maximum Gasteiger partial charge on any atom is 0.134 e. The van der Waals surface area contributed by atoms with Gasteiger partial charge in [0.1, 0.15) is 5.91 Å². The Bertz CT molecular complexity index is 358.